The standard InChI is InChI=1S/C20H19NO3S/c1-15-7-5-6-8-16(15)13-21-20(22)19-12-11-17(24-19)14-25(23)18-9-3-2-4-10-18/h2-12H,13-14H2,1H3,(H,21,22). The van der Waals surface area contributed by atoms with Gasteiger partial charge in [-0.3, -0.25) is 9.00 Å². The van der Waals surface area contributed by atoms with Gasteiger partial charge in [0.2, 0.25) is 0 Å². The zero-order chi connectivity index (χ0) is 17.6. The quantitative estimate of drug-likeness (QED) is 0.733. The second kappa shape index (κ2) is 7.94. The Labute approximate surface area is 149 Å². The van der Waals surface area contributed by atoms with Crippen LogP contribution in [-0.4, -0.2) is 10.1 Å². The predicted octanol–water partition coefficient (Wildman–Crippen LogP) is 3.83. The molecule has 1 aromatic heterocycles. The minimum absolute atomic E-state index is 0.230. The fraction of sp³-hybridized carbons (Fsp3) is 0.150. The van der Waals surface area contributed by atoms with Crippen molar-refractivity contribution >= 4 is 16.7 Å². The van der Waals surface area contributed by atoms with Crippen LogP contribution in [-0.2, 0) is 23.1 Å². The Morgan fingerprint density at radius 3 is 2.48 bits per heavy atom. The van der Waals surface area contributed by atoms with E-state index in [-0.39, 0.29) is 17.4 Å². The highest BCUT2D eigenvalue weighted by atomic mass is 32.2. The van der Waals surface area contributed by atoms with Crippen molar-refractivity contribution in [2.24, 2.45) is 0 Å². The molecule has 3 rings (SSSR count). The molecule has 0 aliphatic heterocycles. The van der Waals surface area contributed by atoms with E-state index in [4.69, 9.17) is 4.42 Å². The third-order valence-electron chi connectivity index (χ3n) is 3.87. The van der Waals surface area contributed by atoms with Gasteiger partial charge in [0.05, 0.1) is 16.6 Å². The van der Waals surface area contributed by atoms with Crippen molar-refractivity contribution in [1.29, 1.82) is 0 Å². The van der Waals surface area contributed by atoms with E-state index in [0.29, 0.717) is 12.3 Å². The van der Waals surface area contributed by atoms with Crippen LogP contribution in [0.3, 0.4) is 0 Å². The van der Waals surface area contributed by atoms with Crippen molar-refractivity contribution in [3.8, 4) is 0 Å². The first-order valence-electron chi connectivity index (χ1n) is 7.98. The van der Waals surface area contributed by atoms with Gasteiger partial charge in [-0.25, -0.2) is 0 Å². The summed E-state index contributed by atoms with van der Waals surface area (Å²) < 4.78 is 17.8. The van der Waals surface area contributed by atoms with Gasteiger partial charge in [-0.15, -0.1) is 0 Å². The van der Waals surface area contributed by atoms with Crippen molar-refractivity contribution in [2.45, 2.75) is 24.1 Å². The smallest absolute Gasteiger partial charge is 0.287 e. The predicted molar refractivity (Wildman–Crippen MR) is 97.6 cm³/mol. The van der Waals surface area contributed by atoms with E-state index >= 15 is 0 Å². The van der Waals surface area contributed by atoms with Gasteiger partial charge in [0.25, 0.3) is 5.91 Å². The highest BCUT2D eigenvalue weighted by Gasteiger charge is 2.13. The third-order valence-corrected chi connectivity index (χ3v) is 5.21. The summed E-state index contributed by atoms with van der Waals surface area (Å²) in [4.78, 5) is 13.0. The molecule has 1 N–H and O–H groups in total. The fourth-order valence-corrected chi connectivity index (χ4v) is 3.47. The number of furan rings is 1. The van der Waals surface area contributed by atoms with Crippen LogP contribution in [0.1, 0.15) is 27.4 Å². The lowest BCUT2D eigenvalue weighted by molar-refractivity contribution is 0.0921. The Morgan fingerprint density at radius 2 is 1.72 bits per heavy atom. The van der Waals surface area contributed by atoms with Crippen molar-refractivity contribution in [1.82, 2.24) is 5.32 Å². The van der Waals surface area contributed by atoms with Crippen LogP contribution < -0.4 is 5.32 Å². The summed E-state index contributed by atoms with van der Waals surface area (Å²) in [5.74, 6) is 0.728. The number of aryl methyl sites for hydroxylation is 1. The number of rotatable bonds is 6. The van der Waals surface area contributed by atoms with E-state index in [1.54, 1.807) is 12.1 Å². The van der Waals surface area contributed by atoms with Gasteiger partial charge in [0.15, 0.2) is 5.76 Å². The lowest BCUT2D eigenvalue weighted by Crippen LogP contribution is -2.22. The summed E-state index contributed by atoms with van der Waals surface area (Å²) in [6.45, 7) is 2.45. The van der Waals surface area contributed by atoms with Crippen molar-refractivity contribution < 1.29 is 13.4 Å². The molecule has 5 heteroatoms. The highest BCUT2D eigenvalue weighted by molar-refractivity contribution is 7.84. The summed E-state index contributed by atoms with van der Waals surface area (Å²) in [7, 11) is -1.20. The van der Waals surface area contributed by atoms with Gasteiger partial charge in [-0.1, -0.05) is 42.5 Å². The molecule has 25 heavy (non-hydrogen) atoms. The third kappa shape index (κ3) is 4.45. The fourth-order valence-electron chi connectivity index (χ4n) is 2.43. The second-order valence-corrected chi connectivity index (χ2v) is 7.13. The SMILES string of the molecule is Cc1ccccc1CNC(=O)c1ccc(CS(=O)c2ccccc2)o1. The topological polar surface area (TPSA) is 59.3 Å². The molecule has 3 aromatic rings. The summed E-state index contributed by atoms with van der Waals surface area (Å²) in [5.41, 5.74) is 2.19. The normalized spacial score (nSPS) is 11.9. The van der Waals surface area contributed by atoms with Gasteiger partial charge < -0.3 is 9.73 Å². The summed E-state index contributed by atoms with van der Waals surface area (Å²) in [5, 5.41) is 2.85. The number of carbonyl (C=O) groups is 1. The molecule has 0 fully saturated rings. The Morgan fingerprint density at radius 1 is 1.00 bits per heavy atom. The zero-order valence-electron chi connectivity index (χ0n) is 13.9. The lowest BCUT2D eigenvalue weighted by Gasteiger charge is -2.06. The van der Waals surface area contributed by atoms with E-state index in [1.165, 1.54) is 0 Å². The molecule has 0 aliphatic rings. The zero-order valence-corrected chi connectivity index (χ0v) is 14.7. The minimum atomic E-state index is -1.20. The van der Waals surface area contributed by atoms with Crippen molar-refractivity contribution in [2.75, 3.05) is 0 Å². The molecule has 2 aromatic carbocycles. The van der Waals surface area contributed by atoms with Crippen molar-refractivity contribution in [3.05, 3.63) is 89.4 Å². The van der Waals surface area contributed by atoms with Crippen LogP contribution in [0, 0.1) is 6.92 Å². The maximum Gasteiger partial charge on any atom is 0.287 e. The first-order valence-corrected chi connectivity index (χ1v) is 9.30. The average molecular weight is 353 g/mol. The first kappa shape index (κ1) is 17.2. The van der Waals surface area contributed by atoms with Crippen LogP contribution >= 0.6 is 0 Å². The maximum atomic E-state index is 12.3. The number of hydrogen-bond acceptors (Lipinski definition) is 3. The van der Waals surface area contributed by atoms with E-state index < -0.39 is 10.8 Å². The van der Waals surface area contributed by atoms with Gasteiger partial charge in [-0.2, -0.15) is 0 Å². The largest absolute Gasteiger partial charge is 0.455 e. The Bertz CT molecular complexity index is 887. The van der Waals surface area contributed by atoms with E-state index in [1.807, 2.05) is 61.5 Å². The van der Waals surface area contributed by atoms with Gasteiger partial charge in [0, 0.05) is 11.4 Å². The maximum absolute atomic E-state index is 12.3. The molecule has 0 bridgehead atoms. The van der Waals surface area contributed by atoms with Gasteiger partial charge in [0.1, 0.15) is 5.76 Å². The van der Waals surface area contributed by atoms with E-state index in [9.17, 15) is 9.00 Å². The van der Waals surface area contributed by atoms with Crippen molar-refractivity contribution in [3.63, 3.8) is 0 Å². The number of benzene rings is 2. The van der Waals surface area contributed by atoms with Crippen LogP contribution in [0.15, 0.2) is 76.0 Å². The molecule has 1 unspecified atom stereocenters. The van der Waals surface area contributed by atoms with Crippen LogP contribution in [0.2, 0.25) is 0 Å². The molecule has 1 atom stereocenters. The van der Waals surface area contributed by atoms with E-state index in [0.717, 1.165) is 16.0 Å². The first-order chi connectivity index (χ1) is 12.1. The lowest BCUT2D eigenvalue weighted by atomic mass is 10.1. The second-order valence-electron chi connectivity index (χ2n) is 5.68. The molecule has 1 amide bonds. The molecule has 1 heterocycles. The molecule has 0 spiro atoms. The van der Waals surface area contributed by atoms with Crippen LogP contribution in [0.4, 0.5) is 0 Å². The number of nitrogens with one attached hydrogen (secondary N) is 1. The van der Waals surface area contributed by atoms with E-state index in [2.05, 4.69) is 5.32 Å². The Kier molecular flexibility index (Phi) is 5.46. The molecule has 4 nitrogen and oxygen atoms in total. The van der Waals surface area contributed by atoms with Gasteiger partial charge in [-0.05, 0) is 42.3 Å². The minimum Gasteiger partial charge on any atom is -0.455 e. The van der Waals surface area contributed by atoms with Crippen LogP contribution in [0.25, 0.3) is 0 Å². The average Bonchev–Trinajstić information content (AvgIpc) is 3.10. The van der Waals surface area contributed by atoms with Crippen LogP contribution in [0.5, 0.6) is 0 Å². The summed E-state index contributed by atoms with van der Waals surface area (Å²) in [6.07, 6.45) is 0. The number of amides is 1. The molecule has 0 aliphatic carbocycles. The van der Waals surface area contributed by atoms with Gasteiger partial charge >= 0.3 is 0 Å². The summed E-state index contributed by atoms with van der Waals surface area (Å²) in [6, 6.07) is 20.4. The summed E-state index contributed by atoms with van der Waals surface area (Å²) >= 11 is 0. The molecule has 0 saturated heterocycles. The molecular formula is C20H19NO3S. The molecule has 0 saturated carbocycles. The number of carbonyl (C=O) groups excluding carboxylic acids is 1. The number of hydrogen-bond donors (Lipinski definition) is 1. The Hall–Kier alpha value is -2.66. The highest BCUT2D eigenvalue weighted by Crippen LogP contribution is 2.15. The molecule has 128 valence electrons. The molecule has 0 radical (unpaired) electrons. The monoisotopic (exact) mass is 353 g/mol. The molecular weight excluding hydrogens is 334 g/mol. The Balaban J connectivity index is 1.60.